The van der Waals surface area contributed by atoms with E-state index in [1.54, 1.807) is 29.0 Å². The fourth-order valence-electron chi connectivity index (χ4n) is 5.68. The van der Waals surface area contributed by atoms with Crippen molar-refractivity contribution in [2.45, 2.75) is 38.2 Å². The van der Waals surface area contributed by atoms with Crippen LogP contribution < -0.4 is 16.2 Å². The van der Waals surface area contributed by atoms with Gasteiger partial charge < -0.3 is 15.5 Å². The Morgan fingerprint density at radius 2 is 1.91 bits per heavy atom. The second-order valence-electron chi connectivity index (χ2n) is 11.0. The number of fused-ring (bicyclic) bond motifs is 1. The first-order valence-electron chi connectivity index (χ1n) is 14.0. The highest BCUT2D eigenvalue weighted by Crippen LogP contribution is 2.43. The fourth-order valence-corrected chi connectivity index (χ4v) is 6.14. The zero-order valence-corrected chi connectivity index (χ0v) is 26.1. The fraction of sp³-hybridized carbons (Fsp3) is 0.323. The Morgan fingerprint density at radius 1 is 1.24 bits per heavy atom. The summed E-state index contributed by atoms with van der Waals surface area (Å²) in [7, 11) is 0. The van der Waals surface area contributed by atoms with Gasteiger partial charge in [-0.05, 0) is 36.6 Å². The zero-order valence-electron chi connectivity index (χ0n) is 24.5. The maximum absolute atomic E-state index is 15.3. The average Bonchev–Trinajstić information content (AvgIpc) is 3.02. The third kappa shape index (κ3) is 5.23. The summed E-state index contributed by atoms with van der Waals surface area (Å²) in [5.41, 5.74) is 5.16. The predicted molar refractivity (Wildman–Crippen MR) is 168 cm³/mol. The number of pyridine rings is 3. The molecule has 0 radical (unpaired) electrons. The lowest BCUT2D eigenvalue weighted by Gasteiger charge is -2.36. The third-order valence-electron chi connectivity index (χ3n) is 7.95. The monoisotopic (exact) mass is 657 g/mol. The van der Waals surface area contributed by atoms with Crippen LogP contribution in [0.4, 0.5) is 18.9 Å². The van der Waals surface area contributed by atoms with Crippen LogP contribution in [0.25, 0.3) is 22.3 Å². The third-order valence-corrected chi connectivity index (χ3v) is 8.69. The highest BCUT2D eigenvalue weighted by Gasteiger charge is 2.39. The van der Waals surface area contributed by atoms with Gasteiger partial charge >= 0.3 is 0 Å². The van der Waals surface area contributed by atoms with Crippen LogP contribution >= 0.6 is 23.2 Å². The van der Waals surface area contributed by atoms with Gasteiger partial charge in [0.15, 0.2) is 17.8 Å². The molecule has 0 saturated carbocycles. The van der Waals surface area contributed by atoms with E-state index < -0.39 is 40.0 Å². The van der Waals surface area contributed by atoms with Crippen molar-refractivity contribution in [1.82, 2.24) is 19.4 Å². The summed E-state index contributed by atoms with van der Waals surface area (Å²) in [5.74, 6) is -3.81. The first-order chi connectivity index (χ1) is 21.3. The molecule has 3 aromatic heterocycles. The Morgan fingerprint density at radius 3 is 2.51 bits per heavy atom. The molecule has 4 heterocycles. The number of nitrogens with two attached hydrogens (primary N) is 1. The number of carbonyl (C=O) groups is 1. The number of anilines is 1. The zero-order chi connectivity index (χ0) is 32.9. The molecular formula is C31H28Cl2F3N7O2. The van der Waals surface area contributed by atoms with Gasteiger partial charge in [-0.2, -0.15) is 5.26 Å². The molecule has 1 fully saturated rings. The largest absolute Gasteiger partial charge is 0.400 e. The number of nitriles is 1. The van der Waals surface area contributed by atoms with E-state index in [0.717, 1.165) is 0 Å². The van der Waals surface area contributed by atoms with E-state index in [1.807, 2.05) is 19.9 Å². The quantitative estimate of drug-likeness (QED) is 0.290. The van der Waals surface area contributed by atoms with Crippen LogP contribution in [0.1, 0.15) is 42.3 Å². The van der Waals surface area contributed by atoms with Crippen LogP contribution in [0.3, 0.4) is 0 Å². The van der Waals surface area contributed by atoms with Gasteiger partial charge in [0.1, 0.15) is 22.7 Å². The molecule has 0 bridgehead atoms. The van der Waals surface area contributed by atoms with Crippen molar-refractivity contribution in [1.29, 1.82) is 5.26 Å². The highest BCUT2D eigenvalue weighted by atomic mass is 35.5. The first kappa shape index (κ1) is 32.1. The van der Waals surface area contributed by atoms with E-state index in [4.69, 9.17) is 28.9 Å². The van der Waals surface area contributed by atoms with E-state index in [1.165, 1.54) is 16.7 Å². The minimum atomic E-state index is -2.52. The van der Waals surface area contributed by atoms with Gasteiger partial charge in [-0.25, -0.2) is 18.2 Å². The van der Waals surface area contributed by atoms with Gasteiger partial charge in [0.2, 0.25) is 5.91 Å². The standard InChI is InChI=1S/C31H28Cl2F3N7O2/c1-5-19(44)41-8-10-42(11-9-41)29-16-12-18(32)27(20-22(34)24(36)23(35)21(33)25(20)38)40-30(16)43(31(45)17(29)13-37)28-15(4)6-7-39-26(28)14(2)3/h5-7,12,14,21,23H,1,8-11,38H2,2-4H3/t21-,23?/m1/s1. The molecule has 234 valence electrons. The maximum Gasteiger partial charge on any atom is 0.276 e. The summed E-state index contributed by atoms with van der Waals surface area (Å²) in [6, 6.07) is 5.10. The second-order valence-corrected chi connectivity index (χ2v) is 11.9. The summed E-state index contributed by atoms with van der Waals surface area (Å²) in [4.78, 5) is 39.0. The lowest BCUT2D eigenvalue weighted by molar-refractivity contribution is -0.126. The molecular weight excluding hydrogens is 630 g/mol. The molecule has 2 N–H and O–H groups in total. The number of rotatable bonds is 5. The van der Waals surface area contributed by atoms with Crippen molar-refractivity contribution < 1.29 is 18.0 Å². The number of nitrogens with zero attached hydrogens (tertiary/aromatic N) is 6. The Bertz CT molecular complexity index is 1920. The van der Waals surface area contributed by atoms with E-state index >= 15 is 4.39 Å². The number of allylic oxidation sites excluding steroid dienone is 4. The van der Waals surface area contributed by atoms with E-state index in [-0.39, 0.29) is 71.0 Å². The molecule has 14 heteroatoms. The summed E-state index contributed by atoms with van der Waals surface area (Å²) in [5, 5.41) is 8.64. The molecule has 1 unspecified atom stereocenters. The molecule has 0 spiro atoms. The number of amides is 1. The van der Waals surface area contributed by atoms with Crippen molar-refractivity contribution >= 4 is 51.4 Å². The molecule has 1 aliphatic heterocycles. The van der Waals surface area contributed by atoms with Gasteiger partial charge in [0, 0.05) is 43.5 Å². The second kappa shape index (κ2) is 12.2. The predicted octanol–water partition coefficient (Wildman–Crippen LogP) is 5.35. The average molecular weight is 659 g/mol. The van der Waals surface area contributed by atoms with Gasteiger partial charge in [0.05, 0.1) is 33.4 Å². The van der Waals surface area contributed by atoms with Crippen LogP contribution in [0.5, 0.6) is 0 Å². The maximum atomic E-state index is 15.3. The molecule has 1 amide bonds. The SMILES string of the molecule is C=CC(=O)N1CCN(c2c(C#N)c(=O)n(-c3c(C)ccnc3C(C)C)c3nc(C4=C(N)[C@H](Cl)C(F)C(F)=C4F)c(Cl)cc23)CC1. The van der Waals surface area contributed by atoms with Gasteiger partial charge in [-0.1, -0.05) is 32.0 Å². The van der Waals surface area contributed by atoms with Crippen LogP contribution in [-0.4, -0.2) is 63.1 Å². The number of carbonyl (C=O) groups excluding carboxylic acids is 1. The van der Waals surface area contributed by atoms with Crippen LogP contribution in [0, 0.1) is 18.3 Å². The van der Waals surface area contributed by atoms with Crippen LogP contribution in [-0.2, 0) is 4.79 Å². The van der Waals surface area contributed by atoms with Crippen molar-refractivity contribution in [3.8, 4) is 11.8 Å². The number of aromatic nitrogens is 3. The van der Waals surface area contributed by atoms with Crippen molar-refractivity contribution in [3.05, 3.63) is 86.2 Å². The number of piperazine rings is 1. The lowest BCUT2D eigenvalue weighted by Crippen LogP contribution is -2.49. The van der Waals surface area contributed by atoms with Crippen molar-refractivity contribution in [2.24, 2.45) is 5.73 Å². The Kier molecular flexibility index (Phi) is 8.70. The number of hydrogen-bond donors (Lipinski definition) is 1. The molecule has 5 rings (SSSR count). The normalized spacial score (nSPS) is 19.0. The van der Waals surface area contributed by atoms with Gasteiger partial charge in [-0.15, -0.1) is 11.6 Å². The summed E-state index contributed by atoms with van der Waals surface area (Å²) >= 11 is 12.7. The number of halogens is 5. The van der Waals surface area contributed by atoms with Crippen LogP contribution in [0.15, 0.2) is 53.1 Å². The first-order valence-corrected chi connectivity index (χ1v) is 14.8. The van der Waals surface area contributed by atoms with Crippen molar-refractivity contribution in [2.75, 3.05) is 31.1 Å². The van der Waals surface area contributed by atoms with Gasteiger partial charge in [-0.3, -0.25) is 19.1 Å². The molecule has 1 aliphatic carbocycles. The summed E-state index contributed by atoms with van der Waals surface area (Å²) in [6.45, 7) is 10.1. The Hall–Kier alpha value is -4.34. The van der Waals surface area contributed by atoms with E-state index in [0.29, 0.717) is 16.9 Å². The smallest absolute Gasteiger partial charge is 0.276 e. The molecule has 9 nitrogen and oxygen atoms in total. The van der Waals surface area contributed by atoms with E-state index in [2.05, 4.69) is 16.5 Å². The molecule has 2 atom stereocenters. The minimum absolute atomic E-state index is 0.0574. The highest BCUT2D eigenvalue weighted by molar-refractivity contribution is 6.33. The molecule has 1 saturated heterocycles. The Balaban J connectivity index is 1.90. The van der Waals surface area contributed by atoms with Gasteiger partial charge in [0.25, 0.3) is 5.56 Å². The molecule has 45 heavy (non-hydrogen) atoms. The molecule has 2 aliphatic rings. The van der Waals surface area contributed by atoms with E-state index in [9.17, 15) is 23.6 Å². The molecule has 3 aromatic rings. The lowest BCUT2D eigenvalue weighted by atomic mass is 9.96. The molecule has 0 aromatic carbocycles. The van der Waals surface area contributed by atoms with Crippen molar-refractivity contribution in [3.63, 3.8) is 0 Å². The topological polar surface area (TPSA) is 121 Å². The summed E-state index contributed by atoms with van der Waals surface area (Å²) < 4.78 is 45.6. The minimum Gasteiger partial charge on any atom is -0.400 e. The number of alkyl halides is 2. The number of hydrogen-bond acceptors (Lipinski definition) is 7. The Labute approximate surface area is 266 Å². The number of aryl methyl sites for hydroxylation is 1. The summed E-state index contributed by atoms with van der Waals surface area (Å²) in [6.07, 6.45) is 0.278. The van der Waals surface area contributed by atoms with Crippen LogP contribution in [0.2, 0.25) is 5.02 Å².